The largest absolute Gasteiger partial charge is 0.493 e. The Balaban J connectivity index is 1.41. The fourth-order valence-corrected chi connectivity index (χ4v) is 5.41. The average molecular weight is 500 g/mol. The summed E-state index contributed by atoms with van der Waals surface area (Å²) in [7, 11) is 0. The molecule has 1 unspecified atom stereocenters. The molecule has 0 aliphatic carbocycles. The predicted molar refractivity (Wildman–Crippen MR) is 138 cm³/mol. The zero-order valence-corrected chi connectivity index (χ0v) is 20.0. The van der Waals surface area contributed by atoms with E-state index in [4.69, 9.17) is 16.3 Å². The van der Waals surface area contributed by atoms with Crippen LogP contribution in [0.2, 0.25) is 5.02 Å². The van der Waals surface area contributed by atoms with E-state index in [1.165, 1.54) is 35.2 Å². The van der Waals surface area contributed by atoms with Crippen LogP contribution in [0.15, 0.2) is 66.7 Å². The topological polar surface area (TPSA) is 88.5 Å². The van der Waals surface area contributed by atoms with Gasteiger partial charge in [-0.3, -0.25) is 14.9 Å². The number of nitrogens with zero attached hydrogens (tertiary/aromatic N) is 2. The Morgan fingerprint density at radius 2 is 2.00 bits per heavy atom. The van der Waals surface area contributed by atoms with Crippen LogP contribution in [0, 0.1) is 10.1 Å². The van der Waals surface area contributed by atoms with Crippen molar-refractivity contribution in [3.8, 4) is 5.75 Å². The molecule has 1 atom stereocenters. The van der Waals surface area contributed by atoms with Crippen molar-refractivity contribution >= 4 is 40.2 Å². The molecule has 3 heterocycles. The number of hydrogen-bond donors (Lipinski definition) is 1. The van der Waals surface area contributed by atoms with Gasteiger partial charge in [0.25, 0.3) is 5.69 Å². The highest BCUT2D eigenvalue weighted by Gasteiger charge is 2.34. The summed E-state index contributed by atoms with van der Waals surface area (Å²) in [5.41, 5.74) is 5.78. The molecule has 2 aliphatic rings. The summed E-state index contributed by atoms with van der Waals surface area (Å²) in [6.45, 7) is 1.20. The Kier molecular flexibility index (Phi) is 5.49. The van der Waals surface area contributed by atoms with Crippen LogP contribution in [-0.2, 0) is 17.6 Å². The molecular weight excluding hydrogens is 478 g/mol. The Morgan fingerprint density at radius 1 is 1.14 bits per heavy atom. The second-order valence-electron chi connectivity index (χ2n) is 9.01. The molecule has 0 fully saturated rings. The molecule has 0 saturated heterocycles. The van der Waals surface area contributed by atoms with E-state index in [9.17, 15) is 14.9 Å². The van der Waals surface area contributed by atoms with E-state index in [2.05, 4.69) is 23.2 Å². The highest BCUT2D eigenvalue weighted by molar-refractivity contribution is 6.32. The van der Waals surface area contributed by atoms with Crippen molar-refractivity contribution in [2.24, 2.45) is 0 Å². The third kappa shape index (κ3) is 3.82. The minimum atomic E-state index is -0.481. The summed E-state index contributed by atoms with van der Waals surface area (Å²) in [6, 6.07) is 18.2. The molecule has 0 saturated carbocycles. The number of nitro groups is 1. The number of hydrogen-bond acceptors (Lipinski definition) is 4. The summed E-state index contributed by atoms with van der Waals surface area (Å²) < 4.78 is 5.70. The molecule has 0 radical (unpaired) electrons. The number of carbonyl (C=O) groups is 1. The molecule has 1 amide bonds. The van der Waals surface area contributed by atoms with E-state index in [0.29, 0.717) is 23.7 Å². The maximum atomic E-state index is 13.6. The Hall–Kier alpha value is -4.10. The number of aromatic amines is 1. The number of amides is 1. The summed E-state index contributed by atoms with van der Waals surface area (Å²) in [4.78, 5) is 29.7. The minimum Gasteiger partial charge on any atom is -0.493 e. The standard InChI is InChI=1S/C28H22ClN3O4/c29-23-8-7-20(32(34)35)16-17(23)6-10-26(33)31-13-11-22-21-3-1-2-4-24(21)30-27(22)28(31)19-5-9-25-18(15-19)12-14-36-25/h1-10,15-16,28,30H,11-14H2/b10-6+. The molecule has 180 valence electrons. The van der Waals surface area contributed by atoms with E-state index in [1.54, 1.807) is 6.08 Å². The van der Waals surface area contributed by atoms with Gasteiger partial charge in [0.15, 0.2) is 0 Å². The van der Waals surface area contributed by atoms with Gasteiger partial charge in [-0.15, -0.1) is 0 Å². The number of para-hydroxylation sites is 1. The molecular formula is C28H22ClN3O4. The molecule has 2 aliphatic heterocycles. The first-order chi connectivity index (χ1) is 17.5. The lowest BCUT2D eigenvalue weighted by atomic mass is 9.91. The third-order valence-corrected chi connectivity index (χ3v) is 7.29. The van der Waals surface area contributed by atoms with Crippen molar-refractivity contribution in [2.45, 2.75) is 18.9 Å². The van der Waals surface area contributed by atoms with Crippen LogP contribution in [0.5, 0.6) is 5.75 Å². The van der Waals surface area contributed by atoms with E-state index in [0.717, 1.165) is 40.9 Å². The lowest BCUT2D eigenvalue weighted by Gasteiger charge is -2.36. The quantitative estimate of drug-likeness (QED) is 0.216. The molecule has 4 aromatic rings. The average Bonchev–Trinajstić information content (AvgIpc) is 3.51. The van der Waals surface area contributed by atoms with E-state index >= 15 is 0 Å². The molecule has 6 rings (SSSR count). The SMILES string of the molecule is O=C(/C=C/c1cc([N+](=O)[O-])ccc1Cl)N1CCc2c([nH]c3ccccc23)C1c1ccc2c(c1)CCO2. The van der Waals surface area contributed by atoms with Gasteiger partial charge >= 0.3 is 0 Å². The van der Waals surface area contributed by atoms with Crippen LogP contribution < -0.4 is 4.74 Å². The second kappa shape index (κ2) is 8.84. The molecule has 3 aromatic carbocycles. The Bertz CT molecular complexity index is 1560. The van der Waals surface area contributed by atoms with Gasteiger partial charge in [0.2, 0.25) is 5.91 Å². The van der Waals surface area contributed by atoms with Gasteiger partial charge in [-0.1, -0.05) is 35.9 Å². The monoisotopic (exact) mass is 499 g/mol. The van der Waals surface area contributed by atoms with Crippen LogP contribution in [0.1, 0.15) is 34.0 Å². The number of nitro benzene ring substituents is 1. The number of non-ortho nitro benzene ring substituents is 1. The van der Waals surface area contributed by atoms with Gasteiger partial charge in [0.05, 0.1) is 17.6 Å². The summed E-state index contributed by atoms with van der Waals surface area (Å²) in [6.07, 6.45) is 4.56. The summed E-state index contributed by atoms with van der Waals surface area (Å²) >= 11 is 6.25. The number of rotatable bonds is 4. The van der Waals surface area contributed by atoms with Gasteiger partial charge in [-0.2, -0.15) is 0 Å². The number of benzene rings is 3. The molecule has 8 heteroatoms. The van der Waals surface area contributed by atoms with Gasteiger partial charge in [-0.25, -0.2) is 0 Å². The number of H-pyrrole nitrogens is 1. The van der Waals surface area contributed by atoms with E-state index in [-0.39, 0.29) is 17.6 Å². The van der Waals surface area contributed by atoms with Gasteiger partial charge < -0.3 is 14.6 Å². The van der Waals surface area contributed by atoms with Crippen molar-refractivity contribution in [3.63, 3.8) is 0 Å². The van der Waals surface area contributed by atoms with Gasteiger partial charge in [0.1, 0.15) is 5.75 Å². The summed E-state index contributed by atoms with van der Waals surface area (Å²) in [5.74, 6) is 0.702. The van der Waals surface area contributed by atoms with E-state index < -0.39 is 4.92 Å². The fourth-order valence-electron chi connectivity index (χ4n) is 5.23. The van der Waals surface area contributed by atoms with Crippen molar-refractivity contribution in [1.82, 2.24) is 9.88 Å². The van der Waals surface area contributed by atoms with E-state index in [1.807, 2.05) is 29.2 Å². The Morgan fingerprint density at radius 3 is 2.86 bits per heavy atom. The smallest absolute Gasteiger partial charge is 0.270 e. The zero-order chi connectivity index (χ0) is 24.8. The molecule has 1 aromatic heterocycles. The van der Waals surface area contributed by atoms with Crippen molar-refractivity contribution in [2.75, 3.05) is 13.2 Å². The highest BCUT2D eigenvalue weighted by atomic mass is 35.5. The lowest BCUT2D eigenvalue weighted by molar-refractivity contribution is -0.384. The number of carbonyl (C=O) groups excluding carboxylic acids is 1. The van der Waals surface area contributed by atoms with Crippen LogP contribution in [0.4, 0.5) is 5.69 Å². The molecule has 0 bridgehead atoms. The van der Waals surface area contributed by atoms with Crippen molar-refractivity contribution < 1.29 is 14.5 Å². The van der Waals surface area contributed by atoms with Crippen molar-refractivity contribution in [3.05, 3.63) is 110 Å². The number of nitrogens with one attached hydrogen (secondary N) is 1. The highest BCUT2D eigenvalue weighted by Crippen LogP contribution is 2.40. The molecule has 1 N–H and O–H groups in total. The molecule has 7 nitrogen and oxygen atoms in total. The van der Waals surface area contributed by atoms with Crippen LogP contribution in [-0.4, -0.2) is 33.9 Å². The molecule has 0 spiro atoms. The first kappa shape index (κ1) is 22.4. The molecule has 36 heavy (non-hydrogen) atoms. The minimum absolute atomic E-state index is 0.0783. The van der Waals surface area contributed by atoms with Gasteiger partial charge in [-0.05, 0) is 53.5 Å². The predicted octanol–water partition coefficient (Wildman–Crippen LogP) is 5.85. The number of fused-ring (bicyclic) bond motifs is 4. The van der Waals surface area contributed by atoms with Crippen LogP contribution in [0.25, 0.3) is 17.0 Å². The number of aromatic nitrogens is 1. The van der Waals surface area contributed by atoms with Gasteiger partial charge in [0, 0.05) is 58.4 Å². The number of ether oxygens (including phenoxy) is 1. The van der Waals surface area contributed by atoms with Crippen molar-refractivity contribution in [1.29, 1.82) is 0 Å². The lowest BCUT2D eigenvalue weighted by Crippen LogP contribution is -2.39. The second-order valence-corrected chi connectivity index (χ2v) is 9.42. The van der Waals surface area contributed by atoms with Crippen LogP contribution >= 0.6 is 11.6 Å². The first-order valence-corrected chi connectivity index (χ1v) is 12.1. The summed E-state index contributed by atoms with van der Waals surface area (Å²) in [5, 5.41) is 12.7. The zero-order valence-electron chi connectivity index (χ0n) is 19.2. The first-order valence-electron chi connectivity index (χ1n) is 11.8. The maximum absolute atomic E-state index is 13.6. The normalized spacial score (nSPS) is 16.7. The number of halogens is 1. The van der Waals surface area contributed by atoms with Crippen LogP contribution in [0.3, 0.4) is 0 Å². The third-order valence-electron chi connectivity index (χ3n) is 6.94. The Labute approximate surface area is 212 Å². The fraction of sp³-hybridized carbons (Fsp3) is 0.179. The maximum Gasteiger partial charge on any atom is 0.270 e.